The Hall–Kier alpha value is -0.160. The third-order valence-corrected chi connectivity index (χ3v) is 2.79. The summed E-state index contributed by atoms with van der Waals surface area (Å²) >= 11 is 0. The van der Waals surface area contributed by atoms with E-state index >= 15 is 0 Å². The molecule has 0 radical (unpaired) electrons. The van der Waals surface area contributed by atoms with E-state index in [2.05, 4.69) is 29.1 Å². The predicted molar refractivity (Wildman–Crippen MR) is 58.5 cm³/mol. The van der Waals surface area contributed by atoms with Crippen LogP contribution in [-0.2, 0) is 0 Å². The van der Waals surface area contributed by atoms with Crippen LogP contribution in [0.4, 0.5) is 0 Å². The highest BCUT2D eigenvalue weighted by Gasteiger charge is 2.16. The van der Waals surface area contributed by atoms with Gasteiger partial charge in [0.25, 0.3) is 0 Å². The van der Waals surface area contributed by atoms with Crippen molar-refractivity contribution in [2.45, 2.75) is 13.0 Å². The van der Waals surface area contributed by atoms with E-state index in [1.54, 1.807) is 0 Å². The smallest absolute Gasteiger partial charge is 0.0597 e. The second-order valence-electron chi connectivity index (χ2n) is 4.04. The summed E-state index contributed by atoms with van der Waals surface area (Å²) in [5, 5.41) is 12.4. The van der Waals surface area contributed by atoms with Crippen LogP contribution >= 0.6 is 0 Å². The first-order valence-electron chi connectivity index (χ1n) is 5.51. The number of aliphatic hydroxyl groups excluding tert-OH is 1. The molecule has 0 aliphatic carbocycles. The summed E-state index contributed by atoms with van der Waals surface area (Å²) in [5.41, 5.74) is 0. The summed E-state index contributed by atoms with van der Waals surface area (Å²) in [6.07, 6.45) is 0. The van der Waals surface area contributed by atoms with Crippen LogP contribution in [0.1, 0.15) is 6.92 Å². The van der Waals surface area contributed by atoms with Gasteiger partial charge in [0.15, 0.2) is 0 Å². The van der Waals surface area contributed by atoms with Crippen LogP contribution in [0.3, 0.4) is 0 Å². The molecule has 1 rings (SSSR count). The lowest BCUT2D eigenvalue weighted by atomic mass is 10.2. The van der Waals surface area contributed by atoms with Crippen LogP contribution in [0.5, 0.6) is 0 Å². The Balaban J connectivity index is 2.21. The molecule has 0 amide bonds. The standard InChI is InChI=1S/C10H23N3O/c1-3-11-10(9-14)8-13-6-4-12(2)5-7-13/h10-11,14H,3-9H2,1-2H3. The van der Waals surface area contributed by atoms with Gasteiger partial charge < -0.3 is 15.3 Å². The van der Waals surface area contributed by atoms with Crippen LogP contribution in [0.2, 0.25) is 0 Å². The molecule has 1 aliphatic rings. The highest BCUT2D eigenvalue weighted by molar-refractivity contribution is 4.75. The van der Waals surface area contributed by atoms with E-state index in [-0.39, 0.29) is 12.6 Å². The van der Waals surface area contributed by atoms with E-state index in [4.69, 9.17) is 5.11 Å². The molecule has 0 aromatic carbocycles. The Morgan fingerprint density at radius 1 is 1.29 bits per heavy atom. The fourth-order valence-electron chi connectivity index (χ4n) is 1.82. The van der Waals surface area contributed by atoms with E-state index in [9.17, 15) is 0 Å². The third kappa shape index (κ3) is 3.92. The molecule has 2 N–H and O–H groups in total. The molecule has 1 aliphatic heterocycles. The molecule has 14 heavy (non-hydrogen) atoms. The van der Waals surface area contributed by atoms with Crippen molar-refractivity contribution in [1.82, 2.24) is 15.1 Å². The minimum Gasteiger partial charge on any atom is -0.395 e. The fourth-order valence-corrected chi connectivity index (χ4v) is 1.82. The zero-order chi connectivity index (χ0) is 10.4. The van der Waals surface area contributed by atoms with E-state index < -0.39 is 0 Å². The van der Waals surface area contributed by atoms with Crippen molar-refractivity contribution in [2.75, 3.05) is 52.9 Å². The lowest BCUT2D eigenvalue weighted by Gasteiger charge is -2.34. The summed E-state index contributed by atoms with van der Waals surface area (Å²) in [7, 11) is 2.16. The zero-order valence-electron chi connectivity index (χ0n) is 9.37. The van der Waals surface area contributed by atoms with Crippen molar-refractivity contribution in [1.29, 1.82) is 0 Å². The summed E-state index contributed by atoms with van der Waals surface area (Å²) in [6.45, 7) is 8.75. The maximum Gasteiger partial charge on any atom is 0.0597 e. The number of nitrogens with one attached hydrogen (secondary N) is 1. The average Bonchev–Trinajstić information content (AvgIpc) is 2.20. The lowest BCUT2D eigenvalue weighted by Crippen LogP contribution is -2.50. The number of hydrogen-bond acceptors (Lipinski definition) is 4. The van der Waals surface area contributed by atoms with Crippen molar-refractivity contribution < 1.29 is 5.11 Å². The first-order chi connectivity index (χ1) is 6.76. The van der Waals surface area contributed by atoms with Gasteiger partial charge in [-0.25, -0.2) is 0 Å². The molecule has 0 aromatic rings. The molecule has 1 heterocycles. The highest BCUT2D eigenvalue weighted by atomic mass is 16.3. The van der Waals surface area contributed by atoms with Gasteiger partial charge in [-0.3, -0.25) is 4.90 Å². The van der Waals surface area contributed by atoms with Crippen LogP contribution in [-0.4, -0.2) is 73.9 Å². The quantitative estimate of drug-likeness (QED) is 0.611. The predicted octanol–water partition coefficient (Wildman–Crippen LogP) is -0.796. The summed E-state index contributed by atoms with van der Waals surface area (Å²) in [6, 6.07) is 0.239. The largest absolute Gasteiger partial charge is 0.395 e. The van der Waals surface area contributed by atoms with Crippen molar-refractivity contribution in [3.63, 3.8) is 0 Å². The van der Waals surface area contributed by atoms with Crippen molar-refractivity contribution in [3.8, 4) is 0 Å². The summed E-state index contributed by atoms with van der Waals surface area (Å²) in [5.74, 6) is 0. The SMILES string of the molecule is CCNC(CO)CN1CCN(C)CC1. The summed E-state index contributed by atoms with van der Waals surface area (Å²) in [4.78, 5) is 4.77. The second-order valence-corrected chi connectivity index (χ2v) is 4.04. The Morgan fingerprint density at radius 3 is 2.43 bits per heavy atom. The highest BCUT2D eigenvalue weighted by Crippen LogP contribution is 2.00. The maximum atomic E-state index is 9.14. The lowest BCUT2D eigenvalue weighted by molar-refractivity contribution is 0.125. The summed E-state index contributed by atoms with van der Waals surface area (Å²) < 4.78 is 0. The zero-order valence-corrected chi connectivity index (χ0v) is 9.37. The molecular formula is C10H23N3O. The molecule has 4 nitrogen and oxygen atoms in total. The van der Waals surface area contributed by atoms with Crippen LogP contribution in [0.25, 0.3) is 0 Å². The third-order valence-electron chi connectivity index (χ3n) is 2.79. The van der Waals surface area contributed by atoms with Gasteiger partial charge in [-0.15, -0.1) is 0 Å². The number of rotatable bonds is 5. The molecule has 0 saturated carbocycles. The number of nitrogens with zero attached hydrogens (tertiary/aromatic N) is 2. The van der Waals surface area contributed by atoms with E-state index in [1.165, 1.54) is 0 Å². The van der Waals surface area contributed by atoms with Gasteiger partial charge in [0, 0.05) is 38.8 Å². The van der Waals surface area contributed by atoms with Gasteiger partial charge in [-0.05, 0) is 13.6 Å². The van der Waals surface area contributed by atoms with Crippen molar-refractivity contribution >= 4 is 0 Å². The number of hydrogen-bond donors (Lipinski definition) is 2. The molecule has 1 atom stereocenters. The van der Waals surface area contributed by atoms with Crippen LogP contribution < -0.4 is 5.32 Å². The second kappa shape index (κ2) is 6.35. The van der Waals surface area contributed by atoms with Gasteiger partial charge in [0.2, 0.25) is 0 Å². The first-order valence-corrected chi connectivity index (χ1v) is 5.51. The molecule has 4 heteroatoms. The Bertz CT molecular complexity index is 146. The molecule has 0 aromatic heterocycles. The van der Waals surface area contributed by atoms with E-state index in [0.29, 0.717) is 0 Å². The van der Waals surface area contributed by atoms with Crippen molar-refractivity contribution in [2.24, 2.45) is 0 Å². The van der Waals surface area contributed by atoms with Gasteiger partial charge in [-0.2, -0.15) is 0 Å². The minimum absolute atomic E-state index is 0.236. The van der Waals surface area contributed by atoms with E-state index in [0.717, 1.165) is 39.3 Å². The number of likely N-dealkylation sites (N-methyl/N-ethyl adjacent to an activating group) is 2. The molecule has 84 valence electrons. The molecule has 0 spiro atoms. The molecule has 1 fully saturated rings. The van der Waals surface area contributed by atoms with Crippen molar-refractivity contribution in [3.05, 3.63) is 0 Å². The Kier molecular flexibility index (Phi) is 5.40. The fraction of sp³-hybridized carbons (Fsp3) is 1.00. The molecule has 1 saturated heterocycles. The number of aliphatic hydroxyl groups is 1. The minimum atomic E-state index is 0.236. The molecule has 1 unspecified atom stereocenters. The maximum absolute atomic E-state index is 9.14. The van der Waals surface area contributed by atoms with Crippen LogP contribution in [0.15, 0.2) is 0 Å². The Labute approximate surface area is 86.9 Å². The number of piperazine rings is 1. The van der Waals surface area contributed by atoms with Gasteiger partial charge in [-0.1, -0.05) is 6.92 Å². The average molecular weight is 201 g/mol. The molecule has 0 bridgehead atoms. The van der Waals surface area contributed by atoms with Crippen LogP contribution in [0, 0.1) is 0 Å². The van der Waals surface area contributed by atoms with Gasteiger partial charge >= 0.3 is 0 Å². The Morgan fingerprint density at radius 2 is 1.93 bits per heavy atom. The van der Waals surface area contributed by atoms with E-state index in [1.807, 2.05) is 0 Å². The monoisotopic (exact) mass is 201 g/mol. The normalized spacial score (nSPS) is 22.5. The topological polar surface area (TPSA) is 38.7 Å². The van der Waals surface area contributed by atoms with Gasteiger partial charge in [0.05, 0.1) is 6.61 Å². The molecular weight excluding hydrogens is 178 g/mol. The van der Waals surface area contributed by atoms with Gasteiger partial charge in [0.1, 0.15) is 0 Å². The first kappa shape index (κ1) is 11.9.